The zero-order chi connectivity index (χ0) is 19.3. The van der Waals surface area contributed by atoms with E-state index in [-0.39, 0.29) is 11.8 Å². The minimum absolute atomic E-state index is 0.0342. The molecular weight excluding hydrogens is 351 g/mol. The highest BCUT2D eigenvalue weighted by Gasteiger charge is 2.34. The Labute approximate surface area is 149 Å². The summed E-state index contributed by atoms with van der Waals surface area (Å²) in [7, 11) is 0. The molecule has 1 aromatic heterocycles. The predicted molar refractivity (Wildman–Crippen MR) is 88.3 cm³/mol. The van der Waals surface area contributed by atoms with E-state index in [2.05, 4.69) is 5.32 Å². The number of aromatic nitrogens is 1. The van der Waals surface area contributed by atoms with Crippen LogP contribution in [0.15, 0.2) is 23.1 Å². The van der Waals surface area contributed by atoms with Crippen LogP contribution in [0.3, 0.4) is 0 Å². The lowest BCUT2D eigenvalue weighted by atomic mass is 9.96. The lowest BCUT2D eigenvalue weighted by molar-refractivity contribution is -0.140. The van der Waals surface area contributed by atoms with Crippen molar-refractivity contribution in [2.24, 2.45) is 5.92 Å². The maximum Gasteiger partial charge on any atom is 0.421 e. The number of alkyl halides is 3. The van der Waals surface area contributed by atoms with Gasteiger partial charge in [0, 0.05) is 31.7 Å². The van der Waals surface area contributed by atoms with Crippen molar-refractivity contribution < 1.29 is 22.8 Å². The molecular formula is C17H22F3N3O3. The Morgan fingerprint density at radius 2 is 1.92 bits per heavy atom. The van der Waals surface area contributed by atoms with Crippen LogP contribution in [0.2, 0.25) is 0 Å². The molecule has 0 aliphatic carbocycles. The molecule has 2 heterocycles. The lowest BCUT2D eigenvalue weighted by Gasteiger charge is -2.31. The van der Waals surface area contributed by atoms with E-state index in [9.17, 15) is 27.6 Å². The van der Waals surface area contributed by atoms with E-state index in [1.807, 2.05) is 6.92 Å². The number of hydrogen-bond donors (Lipinski definition) is 1. The van der Waals surface area contributed by atoms with E-state index in [0.29, 0.717) is 38.5 Å². The summed E-state index contributed by atoms with van der Waals surface area (Å²) in [6.07, 6.45) is -1.75. The van der Waals surface area contributed by atoms with E-state index < -0.39 is 29.8 Å². The maximum absolute atomic E-state index is 12.8. The number of halogens is 3. The average molecular weight is 373 g/mol. The fourth-order valence-corrected chi connectivity index (χ4v) is 2.91. The van der Waals surface area contributed by atoms with Crippen LogP contribution in [0.5, 0.6) is 0 Å². The Kier molecular flexibility index (Phi) is 6.44. The molecule has 0 aromatic carbocycles. The average Bonchev–Trinajstić information content (AvgIpc) is 2.60. The molecule has 0 bridgehead atoms. The Balaban J connectivity index is 1.96. The first-order chi connectivity index (χ1) is 12.2. The van der Waals surface area contributed by atoms with Gasteiger partial charge in [-0.25, -0.2) is 0 Å². The highest BCUT2D eigenvalue weighted by molar-refractivity contribution is 5.80. The Bertz CT molecular complexity index is 707. The van der Waals surface area contributed by atoms with Gasteiger partial charge in [0.15, 0.2) is 0 Å². The van der Waals surface area contributed by atoms with E-state index in [1.54, 1.807) is 0 Å². The summed E-state index contributed by atoms with van der Waals surface area (Å²) in [5.41, 5.74) is -2.53. The smallest absolute Gasteiger partial charge is 0.356 e. The minimum Gasteiger partial charge on any atom is -0.356 e. The van der Waals surface area contributed by atoms with Crippen LogP contribution in [0, 0.1) is 5.92 Å². The number of piperidine rings is 1. The van der Waals surface area contributed by atoms with E-state index in [4.69, 9.17) is 0 Å². The van der Waals surface area contributed by atoms with Gasteiger partial charge in [0.1, 0.15) is 12.1 Å². The number of pyridine rings is 1. The van der Waals surface area contributed by atoms with Gasteiger partial charge in [-0.15, -0.1) is 0 Å². The molecule has 9 heteroatoms. The second-order valence-electron chi connectivity index (χ2n) is 6.30. The first-order valence-corrected chi connectivity index (χ1v) is 8.56. The molecule has 2 amide bonds. The quantitative estimate of drug-likeness (QED) is 0.853. The summed E-state index contributed by atoms with van der Waals surface area (Å²) in [4.78, 5) is 37.6. The molecule has 0 atom stereocenters. The van der Waals surface area contributed by atoms with Crippen LogP contribution >= 0.6 is 0 Å². The third-order valence-corrected chi connectivity index (χ3v) is 4.40. The lowest BCUT2D eigenvalue weighted by Crippen LogP contribution is -2.45. The molecule has 144 valence electrons. The van der Waals surface area contributed by atoms with Crippen molar-refractivity contribution >= 4 is 11.8 Å². The first-order valence-electron chi connectivity index (χ1n) is 8.56. The van der Waals surface area contributed by atoms with Gasteiger partial charge in [-0.2, -0.15) is 13.2 Å². The highest BCUT2D eigenvalue weighted by atomic mass is 19.4. The molecule has 1 aliphatic rings. The van der Waals surface area contributed by atoms with Gasteiger partial charge >= 0.3 is 6.18 Å². The van der Waals surface area contributed by atoms with Crippen LogP contribution in [-0.2, 0) is 22.3 Å². The summed E-state index contributed by atoms with van der Waals surface area (Å²) >= 11 is 0. The molecule has 0 radical (unpaired) electrons. The largest absolute Gasteiger partial charge is 0.421 e. The molecule has 1 N–H and O–H groups in total. The highest BCUT2D eigenvalue weighted by Crippen LogP contribution is 2.26. The standard InChI is InChI=1S/C17H22F3N3O3/c1-2-7-21-15(25)12-5-9-22(10-6-12)14(24)11-23-8-3-4-13(16(23)26)17(18,19)20/h3-4,8,12H,2,5-7,9-11H2,1H3,(H,21,25). The fourth-order valence-electron chi connectivity index (χ4n) is 2.91. The SMILES string of the molecule is CCCNC(=O)C1CCN(C(=O)Cn2cccc(C(F)(F)F)c2=O)CC1. The van der Waals surface area contributed by atoms with Crippen molar-refractivity contribution in [2.45, 2.75) is 38.9 Å². The van der Waals surface area contributed by atoms with Crippen LogP contribution in [0.1, 0.15) is 31.7 Å². The number of likely N-dealkylation sites (tertiary alicyclic amines) is 1. The van der Waals surface area contributed by atoms with Crippen LogP contribution in [0.4, 0.5) is 13.2 Å². The van der Waals surface area contributed by atoms with Gasteiger partial charge in [-0.3, -0.25) is 14.4 Å². The van der Waals surface area contributed by atoms with Crippen molar-refractivity contribution in [3.05, 3.63) is 34.2 Å². The molecule has 1 aliphatic heterocycles. The van der Waals surface area contributed by atoms with Gasteiger partial charge in [0.2, 0.25) is 11.8 Å². The Hall–Kier alpha value is -2.32. The number of carbonyl (C=O) groups is 2. The van der Waals surface area contributed by atoms with Gasteiger partial charge in [0.05, 0.1) is 0 Å². The second-order valence-corrected chi connectivity index (χ2v) is 6.30. The monoisotopic (exact) mass is 373 g/mol. The molecule has 2 rings (SSSR count). The second kappa shape index (κ2) is 8.37. The zero-order valence-electron chi connectivity index (χ0n) is 14.5. The predicted octanol–water partition coefficient (Wildman–Crippen LogP) is 1.63. The topological polar surface area (TPSA) is 71.4 Å². The zero-order valence-corrected chi connectivity index (χ0v) is 14.5. The van der Waals surface area contributed by atoms with Crippen molar-refractivity contribution in [3.63, 3.8) is 0 Å². The van der Waals surface area contributed by atoms with E-state index in [0.717, 1.165) is 17.1 Å². The first kappa shape index (κ1) is 20.0. The van der Waals surface area contributed by atoms with Crippen molar-refractivity contribution in [2.75, 3.05) is 19.6 Å². The third-order valence-electron chi connectivity index (χ3n) is 4.40. The van der Waals surface area contributed by atoms with Crippen molar-refractivity contribution in [1.82, 2.24) is 14.8 Å². The molecule has 1 fully saturated rings. The molecule has 0 spiro atoms. The van der Waals surface area contributed by atoms with Crippen molar-refractivity contribution in [1.29, 1.82) is 0 Å². The molecule has 26 heavy (non-hydrogen) atoms. The number of amides is 2. The molecule has 1 aromatic rings. The molecule has 6 nitrogen and oxygen atoms in total. The van der Waals surface area contributed by atoms with E-state index >= 15 is 0 Å². The minimum atomic E-state index is -4.76. The summed E-state index contributed by atoms with van der Waals surface area (Å²) in [6, 6.07) is 1.80. The fraction of sp³-hybridized carbons (Fsp3) is 0.588. The molecule has 0 unspecified atom stereocenters. The third kappa shape index (κ3) is 4.86. The number of nitrogens with zero attached hydrogens (tertiary/aromatic N) is 2. The molecule has 0 saturated carbocycles. The van der Waals surface area contributed by atoms with Crippen molar-refractivity contribution in [3.8, 4) is 0 Å². The number of hydrogen-bond acceptors (Lipinski definition) is 3. The van der Waals surface area contributed by atoms with Crippen LogP contribution < -0.4 is 10.9 Å². The van der Waals surface area contributed by atoms with Gasteiger partial charge in [-0.1, -0.05) is 6.92 Å². The van der Waals surface area contributed by atoms with Gasteiger partial charge in [0.25, 0.3) is 5.56 Å². The number of carbonyl (C=O) groups excluding carboxylic acids is 2. The van der Waals surface area contributed by atoms with Gasteiger partial charge < -0.3 is 14.8 Å². The summed E-state index contributed by atoms with van der Waals surface area (Å²) in [5, 5.41) is 2.82. The normalized spacial score (nSPS) is 15.8. The summed E-state index contributed by atoms with van der Waals surface area (Å²) < 4.78 is 39.1. The summed E-state index contributed by atoms with van der Waals surface area (Å²) in [5.74, 6) is -0.631. The summed E-state index contributed by atoms with van der Waals surface area (Å²) in [6.45, 7) is 2.80. The van der Waals surface area contributed by atoms with Crippen LogP contribution in [0.25, 0.3) is 0 Å². The Morgan fingerprint density at radius 3 is 2.50 bits per heavy atom. The van der Waals surface area contributed by atoms with Crippen LogP contribution in [-0.4, -0.2) is 40.9 Å². The van der Waals surface area contributed by atoms with E-state index in [1.165, 1.54) is 11.1 Å². The Morgan fingerprint density at radius 1 is 1.27 bits per heavy atom. The maximum atomic E-state index is 12.8. The number of nitrogens with one attached hydrogen (secondary N) is 1. The molecule has 1 saturated heterocycles. The van der Waals surface area contributed by atoms with Gasteiger partial charge in [-0.05, 0) is 31.4 Å². The number of rotatable bonds is 5.